The predicted octanol–water partition coefficient (Wildman–Crippen LogP) is 6.52. The molecule has 0 saturated carbocycles. The van der Waals surface area contributed by atoms with Crippen molar-refractivity contribution in [1.82, 2.24) is 9.97 Å². The van der Waals surface area contributed by atoms with Crippen molar-refractivity contribution in [3.63, 3.8) is 0 Å². The molecule has 2 heterocycles. The highest BCUT2D eigenvalue weighted by Crippen LogP contribution is 2.40. The molecule has 5 heteroatoms. The number of hydrogen-bond acceptors (Lipinski definition) is 5. The van der Waals surface area contributed by atoms with E-state index >= 15 is 0 Å². The van der Waals surface area contributed by atoms with Crippen LogP contribution in [0.2, 0.25) is 0 Å². The molecule has 1 unspecified atom stereocenters. The van der Waals surface area contributed by atoms with Crippen molar-refractivity contribution in [2.24, 2.45) is 5.92 Å². The molecule has 0 bridgehead atoms. The Kier molecular flexibility index (Phi) is 6.10. The summed E-state index contributed by atoms with van der Waals surface area (Å²) in [5.74, 6) is 2.61. The number of thiophene rings is 1. The smallest absolute Gasteiger partial charge is 0.142 e. The number of benzene rings is 1. The molecule has 148 valence electrons. The molecule has 0 amide bonds. The van der Waals surface area contributed by atoms with Gasteiger partial charge in [-0.15, -0.1) is 11.3 Å². The first-order valence-electron chi connectivity index (χ1n) is 10.5. The number of rotatable bonds is 8. The summed E-state index contributed by atoms with van der Waals surface area (Å²) in [5, 5.41) is 4.72. The first-order valence-corrected chi connectivity index (χ1v) is 11.3. The second-order valence-electron chi connectivity index (χ2n) is 7.81. The summed E-state index contributed by atoms with van der Waals surface area (Å²) >= 11 is 1.83. The van der Waals surface area contributed by atoms with Crippen molar-refractivity contribution < 1.29 is 4.74 Å². The summed E-state index contributed by atoms with van der Waals surface area (Å²) in [5.41, 5.74) is 2.48. The van der Waals surface area contributed by atoms with Gasteiger partial charge in [0, 0.05) is 10.6 Å². The number of nitrogens with one attached hydrogen (secondary N) is 1. The van der Waals surface area contributed by atoms with Gasteiger partial charge in [0.2, 0.25) is 0 Å². The molecule has 28 heavy (non-hydrogen) atoms. The molecular weight excluding hydrogens is 366 g/mol. The zero-order valence-electron chi connectivity index (χ0n) is 16.8. The molecule has 2 aromatic heterocycles. The lowest BCUT2D eigenvalue weighted by atomic mass is 9.89. The van der Waals surface area contributed by atoms with Crippen LogP contribution in [0.4, 0.5) is 11.5 Å². The van der Waals surface area contributed by atoms with Gasteiger partial charge < -0.3 is 10.1 Å². The summed E-state index contributed by atoms with van der Waals surface area (Å²) in [6.45, 7) is 5.36. The number of aryl methyl sites for hydroxylation is 1. The average Bonchev–Trinajstić information content (AvgIpc) is 3.07. The fraction of sp³-hybridized carbons (Fsp3) is 0.478. The Labute approximate surface area is 171 Å². The molecular formula is C23H29N3OS. The number of nitrogens with zero attached hydrogens (tertiary/aromatic N) is 2. The van der Waals surface area contributed by atoms with Gasteiger partial charge in [-0.1, -0.05) is 33.1 Å². The minimum atomic E-state index is 0.763. The number of hydrogen-bond donors (Lipinski definition) is 1. The van der Waals surface area contributed by atoms with E-state index in [9.17, 15) is 0 Å². The maximum absolute atomic E-state index is 5.85. The molecule has 0 radical (unpaired) electrons. The van der Waals surface area contributed by atoms with Crippen molar-refractivity contribution in [3.8, 4) is 5.75 Å². The van der Waals surface area contributed by atoms with Gasteiger partial charge in [0.1, 0.15) is 22.7 Å². The topological polar surface area (TPSA) is 47.0 Å². The fourth-order valence-electron chi connectivity index (χ4n) is 3.86. The van der Waals surface area contributed by atoms with E-state index in [1.165, 1.54) is 47.9 Å². The Morgan fingerprint density at radius 1 is 1.14 bits per heavy atom. The van der Waals surface area contributed by atoms with Gasteiger partial charge >= 0.3 is 0 Å². The second-order valence-corrected chi connectivity index (χ2v) is 8.90. The molecule has 1 aromatic carbocycles. The van der Waals surface area contributed by atoms with Crippen LogP contribution in [-0.4, -0.2) is 16.6 Å². The van der Waals surface area contributed by atoms with Crippen molar-refractivity contribution in [2.75, 3.05) is 11.9 Å². The van der Waals surface area contributed by atoms with Crippen molar-refractivity contribution >= 4 is 33.1 Å². The van der Waals surface area contributed by atoms with Crippen LogP contribution in [-0.2, 0) is 12.8 Å². The molecule has 0 saturated heterocycles. The summed E-state index contributed by atoms with van der Waals surface area (Å²) in [7, 11) is 0. The van der Waals surface area contributed by atoms with E-state index < -0.39 is 0 Å². The van der Waals surface area contributed by atoms with E-state index in [0.717, 1.165) is 47.5 Å². The lowest BCUT2D eigenvalue weighted by Crippen LogP contribution is -2.09. The van der Waals surface area contributed by atoms with E-state index in [4.69, 9.17) is 4.74 Å². The minimum absolute atomic E-state index is 0.763. The monoisotopic (exact) mass is 395 g/mol. The number of unbranched alkanes of at least 4 members (excludes halogenated alkanes) is 3. The van der Waals surface area contributed by atoms with Crippen LogP contribution in [0.25, 0.3) is 10.2 Å². The van der Waals surface area contributed by atoms with Crippen molar-refractivity contribution in [2.45, 2.75) is 58.8 Å². The highest BCUT2D eigenvalue weighted by Gasteiger charge is 2.23. The first-order chi connectivity index (χ1) is 13.7. The zero-order valence-corrected chi connectivity index (χ0v) is 17.6. The van der Waals surface area contributed by atoms with Crippen LogP contribution in [0.5, 0.6) is 5.75 Å². The molecule has 1 aliphatic carbocycles. The average molecular weight is 396 g/mol. The van der Waals surface area contributed by atoms with Gasteiger partial charge in [-0.2, -0.15) is 0 Å². The van der Waals surface area contributed by atoms with Gasteiger partial charge in [-0.05, 0) is 61.4 Å². The largest absolute Gasteiger partial charge is 0.494 e. The highest BCUT2D eigenvalue weighted by molar-refractivity contribution is 7.19. The number of fused-ring (bicyclic) bond motifs is 3. The molecule has 1 N–H and O–H groups in total. The van der Waals surface area contributed by atoms with Gasteiger partial charge in [0.15, 0.2) is 0 Å². The van der Waals surface area contributed by atoms with Crippen LogP contribution < -0.4 is 10.1 Å². The number of anilines is 2. The molecule has 1 aliphatic rings. The van der Waals surface area contributed by atoms with Crippen LogP contribution >= 0.6 is 11.3 Å². The lowest BCUT2D eigenvalue weighted by molar-refractivity contribution is 0.305. The molecule has 0 aliphatic heterocycles. The van der Waals surface area contributed by atoms with Crippen molar-refractivity contribution in [1.29, 1.82) is 0 Å². The van der Waals surface area contributed by atoms with E-state index in [1.807, 2.05) is 23.5 Å². The lowest BCUT2D eigenvalue weighted by Gasteiger charge is -2.18. The predicted molar refractivity (Wildman–Crippen MR) is 118 cm³/mol. The third kappa shape index (κ3) is 4.30. The Morgan fingerprint density at radius 2 is 2.00 bits per heavy atom. The third-order valence-corrected chi connectivity index (χ3v) is 6.64. The maximum Gasteiger partial charge on any atom is 0.142 e. The number of aromatic nitrogens is 2. The fourth-order valence-corrected chi connectivity index (χ4v) is 5.21. The van der Waals surface area contributed by atoms with E-state index in [0.29, 0.717) is 0 Å². The zero-order chi connectivity index (χ0) is 19.3. The molecule has 4 rings (SSSR count). The van der Waals surface area contributed by atoms with Crippen LogP contribution in [0.3, 0.4) is 0 Å². The van der Waals surface area contributed by atoms with Gasteiger partial charge in [-0.3, -0.25) is 0 Å². The van der Waals surface area contributed by atoms with Crippen molar-refractivity contribution in [3.05, 3.63) is 41.0 Å². The normalized spacial score (nSPS) is 16.1. The standard InChI is InChI=1S/C23H29N3OS/c1-3-4-5-6-13-27-18-10-8-17(9-11-18)26-22-21-19-12-7-16(2)14-20(19)28-23(21)25-15-24-22/h8-11,15-16H,3-7,12-14H2,1-2H3,(H,24,25,26). The second kappa shape index (κ2) is 8.91. The van der Waals surface area contributed by atoms with Gasteiger partial charge in [0.25, 0.3) is 0 Å². The van der Waals surface area contributed by atoms with Crippen LogP contribution in [0, 0.1) is 5.92 Å². The Bertz CT molecular complexity index is 919. The van der Waals surface area contributed by atoms with E-state index in [1.54, 1.807) is 6.33 Å². The Hall–Kier alpha value is -2.14. The molecule has 4 nitrogen and oxygen atoms in total. The summed E-state index contributed by atoms with van der Waals surface area (Å²) in [6.07, 6.45) is 10.1. The SMILES string of the molecule is CCCCCCOc1ccc(Nc2ncnc3sc4c(c23)CCC(C)C4)cc1. The van der Waals surface area contributed by atoms with E-state index in [2.05, 4.69) is 41.3 Å². The summed E-state index contributed by atoms with van der Waals surface area (Å²) in [4.78, 5) is 11.7. The third-order valence-electron chi connectivity index (χ3n) is 5.48. The van der Waals surface area contributed by atoms with Crippen LogP contribution in [0.1, 0.15) is 56.4 Å². The summed E-state index contributed by atoms with van der Waals surface area (Å²) in [6, 6.07) is 8.20. The maximum atomic E-state index is 5.85. The quantitative estimate of drug-likeness (QED) is 0.441. The summed E-state index contributed by atoms with van der Waals surface area (Å²) < 4.78 is 5.85. The molecule has 3 aromatic rings. The Morgan fingerprint density at radius 3 is 2.82 bits per heavy atom. The Balaban J connectivity index is 1.46. The first kappa shape index (κ1) is 19.2. The molecule has 1 atom stereocenters. The van der Waals surface area contributed by atoms with Gasteiger partial charge in [-0.25, -0.2) is 9.97 Å². The van der Waals surface area contributed by atoms with E-state index in [-0.39, 0.29) is 0 Å². The molecule has 0 spiro atoms. The molecule has 0 fully saturated rings. The van der Waals surface area contributed by atoms with Gasteiger partial charge in [0.05, 0.1) is 12.0 Å². The highest BCUT2D eigenvalue weighted by atomic mass is 32.1. The number of ether oxygens (including phenoxy) is 1. The minimum Gasteiger partial charge on any atom is -0.494 e. The van der Waals surface area contributed by atoms with Crippen LogP contribution in [0.15, 0.2) is 30.6 Å².